The Labute approximate surface area is 277 Å². The number of hydrogen-bond donors (Lipinski definition) is 3. The van der Waals surface area contributed by atoms with Gasteiger partial charge in [0.05, 0.1) is 5.92 Å². The summed E-state index contributed by atoms with van der Waals surface area (Å²) in [5.74, 6) is 1.37. The minimum absolute atomic E-state index is 0.259. The highest BCUT2D eigenvalue weighted by Gasteiger charge is 2.52. The normalized spacial score (nSPS) is 29.3. The van der Waals surface area contributed by atoms with Gasteiger partial charge in [-0.05, 0) is 142 Å². The van der Waals surface area contributed by atoms with E-state index in [4.69, 9.17) is 5.73 Å². The minimum atomic E-state index is -0.617. The van der Waals surface area contributed by atoms with Gasteiger partial charge in [0, 0.05) is 5.41 Å². The van der Waals surface area contributed by atoms with E-state index >= 15 is 0 Å². The summed E-state index contributed by atoms with van der Waals surface area (Å²) in [6.07, 6.45) is 27.5. The quantitative estimate of drug-likeness (QED) is 0.172. The number of phenolic OH excluding ortho intramolecular Hbond substituents is 1. The van der Waals surface area contributed by atoms with Crippen LogP contribution in [-0.4, -0.2) is 22.7 Å². The van der Waals surface area contributed by atoms with Crippen LogP contribution in [0, 0.1) is 23.7 Å². The molecule has 46 heavy (non-hydrogen) atoms. The highest BCUT2D eigenvalue weighted by molar-refractivity contribution is 5.73. The predicted molar refractivity (Wildman–Crippen MR) is 188 cm³/mol. The van der Waals surface area contributed by atoms with Gasteiger partial charge in [-0.15, -0.1) is 0 Å². The second-order valence-electron chi connectivity index (χ2n) is 15.2. The monoisotopic (exact) mass is 623 g/mol. The molecule has 0 amide bonds. The van der Waals surface area contributed by atoms with E-state index in [1.807, 2.05) is 12.1 Å². The molecule has 4 aliphatic rings. The van der Waals surface area contributed by atoms with Gasteiger partial charge in [-0.1, -0.05) is 92.7 Å². The molecule has 2 aromatic rings. The molecular formula is C42H57NO3. The number of allylic oxidation sites excluding steroid dienone is 3. The number of fused-ring (bicyclic) bond motifs is 1. The van der Waals surface area contributed by atoms with Gasteiger partial charge in [0.25, 0.3) is 0 Å². The van der Waals surface area contributed by atoms with Crippen LogP contribution in [0.3, 0.4) is 0 Å². The fourth-order valence-electron chi connectivity index (χ4n) is 10.1. The molecule has 0 saturated heterocycles. The van der Waals surface area contributed by atoms with Gasteiger partial charge >= 0.3 is 5.97 Å². The maximum atomic E-state index is 13.0. The van der Waals surface area contributed by atoms with Crippen molar-refractivity contribution in [2.45, 2.75) is 127 Å². The molecule has 0 unspecified atom stereocenters. The molecule has 0 aromatic heterocycles. The number of aliphatic carboxylic acids is 1. The van der Waals surface area contributed by atoms with Gasteiger partial charge in [-0.3, -0.25) is 4.79 Å². The maximum absolute atomic E-state index is 13.0. The van der Waals surface area contributed by atoms with Gasteiger partial charge in [0.2, 0.25) is 0 Å². The van der Waals surface area contributed by atoms with Crippen LogP contribution < -0.4 is 5.73 Å². The van der Waals surface area contributed by atoms with Crippen LogP contribution in [0.5, 0.6) is 5.75 Å². The van der Waals surface area contributed by atoms with Crippen molar-refractivity contribution in [2.75, 3.05) is 6.54 Å². The lowest BCUT2D eigenvalue weighted by Gasteiger charge is -2.52. The fourth-order valence-corrected chi connectivity index (χ4v) is 10.1. The molecule has 1 saturated carbocycles. The summed E-state index contributed by atoms with van der Waals surface area (Å²) in [4.78, 5) is 13.0. The maximum Gasteiger partial charge on any atom is 0.307 e. The van der Waals surface area contributed by atoms with E-state index in [1.165, 1.54) is 80.0 Å². The van der Waals surface area contributed by atoms with E-state index in [0.29, 0.717) is 29.9 Å². The first-order chi connectivity index (χ1) is 22.5. The Morgan fingerprint density at radius 2 is 1.70 bits per heavy atom. The molecule has 248 valence electrons. The number of carbonyl (C=O) groups is 1. The first-order valence-electron chi connectivity index (χ1n) is 18.7. The van der Waals surface area contributed by atoms with Crippen LogP contribution in [0.25, 0.3) is 0 Å². The number of aromatic hydroxyl groups is 1. The van der Waals surface area contributed by atoms with Crippen molar-refractivity contribution in [3.05, 3.63) is 88.5 Å². The summed E-state index contributed by atoms with van der Waals surface area (Å²) in [7, 11) is 0. The van der Waals surface area contributed by atoms with Crippen LogP contribution in [0.1, 0.15) is 131 Å². The van der Waals surface area contributed by atoms with E-state index < -0.39 is 5.97 Å². The second-order valence-corrected chi connectivity index (χ2v) is 15.2. The van der Waals surface area contributed by atoms with Gasteiger partial charge < -0.3 is 15.9 Å². The number of aryl methyl sites for hydroxylation is 1. The molecule has 0 radical (unpaired) electrons. The average Bonchev–Trinajstić information content (AvgIpc) is 3.51. The summed E-state index contributed by atoms with van der Waals surface area (Å²) in [5.41, 5.74) is 12.5. The Balaban J connectivity index is 1.22. The minimum Gasteiger partial charge on any atom is -0.508 e. The van der Waals surface area contributed by atoms with Gasteiger partial charge in [0.15, 0.2) is 0 Å². The zero-order valence-electron chi connectivity index (χ0n) is 28.0. The predicted octanol–water partition coefficient (Wildman–Crippen LogP) is 9.79. The number of unbranched alkanes of at least 4 members (excludes halogenated alkanes) is 3. The smallest absolute Gasteiger partial charge is 0.307 e. The van der Waals surface area contributed by atoms with Crippen LogP contribution >= 0.6 is 0 Å². The first-order valence-corrected chi connectivity index (χ1v) is 18.7. The van der Waals surface area contributed by atoms with Crippen LogP contribution in [0.2, 0.25) is 0 Å². The third kappa shape index (κ3) is 7.33. The standard InChI is InChI=1S/C42H57NO3/c43-26-24-31-15-14-30(27-31)9-3-1-2-4-10-33-11-5-6-13-39(41(45)46)42-25-8-7-12-36(42)21-18-35-17-16-32(29-40(35)42)28-38(33)34-19-22-37(44)23-20-34/h5-6,16-17,19-20,22-23,27,29-30,33,36,38-39,44H,1-4,7-15,18,21,24-26,28,43H2,(H,45,46)/t30-,33+,36-,38-,39+,42-/m1/s1. The Morgan fingerprint density at radius 3 is 2.50 bits per heavy atom. The second kappa shape index (κ2) is 15.4. The fraction of sp³-hybridized carbons (Fsp3) is 0.595. The van der Waals surface area contributed by atoms with E-state index in [0.717, 1.165) is 63.8 Å². The van der Waals surface area contributed by atoms with Crippen molar-refractivity contribution in [3.63, 3.8) is 0 Å². The van der Waals surface area contributed by atoms with Crippen molar-refractivity contribution >= 4 is 5.97 Å². The summed E-state index contributed by atoms with van der Waals surface area (Å²) < 4.78 is 0. The molecule has 2 aromatic carbocycles. The number of rotatable bonds is 11. The molecule has 1 spiro atoms. The molecule has 4 N–H and O–H groups in total. The number of benzene rings is 2. The molecule has 0 heterocycles. The largest absolute Gasteiger partial charge is 0.508 e. The number of hydrogen-bond acceptors (Lipinski definition) is 3. The van der Waals surface area contributed by atoms with Gasteiger partial charge in [-0.2, -0.15) is 0 Å². The van der Waals surface area contributed by atoms with E-state index in [2.05, 4.69) is 48.6 Å². The molecule has 0 aliphatic heterocycles. The van der Waals surface area contributed by atoms with Crippen molar-refractivity contribution in [1.82, 2.24) is 0 Å². The SMILES string of the molecule is NCCC1=C[C@H](CCCCCC[C@H]2CC=CC[C@@H](C(=O)O)[C@@]34CCCC[C@@H]3CCc3ccc(cc34)C[C@H]2c2ccc(O)cc2)CC1. The molecule has 6 atom stereocenters. The molecule has 4 aliphatic carbocycles. The number of carboxylic acids is 1. The van der Waals surface area contributed by atoms with Crippen LogP contribution in [0.15, 0.2) is 66.3 Å². The number of carboxylic acid groups (broad SMARTS) is 1. The van der Waals surface area contributed by atoms with Gasteiger partial charge in [-0.25, -0.2) is 0 Å². The van der Waals surface area contributed by atoms with Crippen molar-refractivity contribution < 1.29 is 15.0 Å². The van der Waals surface area contributed by atoms with E-state index in [-0.39, 0.29) is 11.3 Å². The van der Waals surface area contributed by atoms with Gasteiger partial charge in [0.1, 0.15) is 5.75 Å². The lowest BCUT2D eigenvalue weighted by atomic mass is 9.51. The summed E-state index contributed by atoms with van der Waals surface area (Å²) >= 11 is 0. The molecule has 2 bridgehead atoms. The summed E-state index contributed by atoms with van der Waals surface area (Å²) in [6.45, 7) is 0.772. The first kappa shape index (κ1) is 33.1. The lowest BCUT2D eigenvalue weighted by molar-refractivity contribution is -0.146. The number of phenols is 1. The topological polar surface area (TPSA) is 83.6 Å². The zero-order chi connectivity index (χ0) is 31.9. The van der Waals surface area contributed by atoms with Crippen molar-refractivity contribution in [3.8, 4) is 5.75 Å². The highest BCUT2D eigenvalue weighted by atomic mass is 16.4. The molecule has 6 rings (SSSR count). The third-order valence-electron chi connectivity index (χ3n) is 12.5. The summed E-state index contributed by atoms with van der Waals surface area (Å²) in [5, 5.41) is 20.9. The Hall–Kier alpha value is -2.85. The van der Waals surface area contributed by atoms with Crippen molar-refractivity contribution in [2.24, 2.45) is 29.4 Å². The Bertz CT molecular complexity index is 1380. The van der Waals surface area contributed by atoms with E-state index in [9.17, 15) is 15.0 Å². The lowest BCUT2D eigenvalue weighted by Crippen LogP contribution is -2.50. The zero-order valence-corrected chi connectivity index (χ0v) is 28.0. The Kier molecular flexibility index (Phi) is 11.0. The van der Waals surface area contributed by atoms with Crippen LogP contribution in [-0.2, 0) is 23.1 Å². The average molecular weight is 624 g/mol. The molecule has 4 heteroatoms. The third-order valence-corrected chi connectivity index (χ3v) is 12.5. The highest BCUT2D eigenvalue weighted by Crippen LogP contribution is 2.56. The van der Waals surface area contributed by atoms with Crippen molar-refractivity contribution in [1.29, 1.82) is 0 Å². The van der Waals surface area contributed by atoms with E-state index in [1.54, 1.807) is 5.57 Å². The number of nitrogens with two attached hydrogens (primary N) is 1. The molecular weight excluding hydrogens is 566 g/mol. The molecule has 1 fully saturated rings. The Morgan fingerprint density at radius 1 is 0.891 bits per heavy atom. The summed E-state index contributed by atoms with van der Waals surface area (Å²) in [6, 6.07) is 15.1. The molecule has 4 nitrogen and oxygen atoms in total. The van der Waals surface area contributed by atoms with Crippen LogP contribution in [0.4, 0.5) is 0 Å².